The maximum atomic E-state index is 12.4. The molecule has 0 unspecified atom stereocenters. The average Bonchev–Trinajstić information content (AvgIpc) is 2.95. The van der Waals surface area contributed by atoms with Crippen LogP contribution in [0.2, 0.25) is 0 Å². The highest BCUT2D eigenvalue weighted by atomic mass is 32.2. The normalized spacial score (nSPS) is 17.1. The summed E-state index contributed by atoms with van der Waals surface area (Å²) in [5.41, 5.74) is 1.16. The number of benzene rings is 2. The van der Waals surface area contributed by atoms with Crippen LogP contribution in [0.15, 0.2) is 70.0 Å². The summed E-state index contributed by atoms with van der Waals surface area (Å²) in [5.74, 6) is 0.660. The molecule has 0 radical (unpaired) electrons. The van der Waals surface area contributed by atoms with E-state index in [1.165, 1.54) is 0 Å². The predicted octanol–water partition coefficient (Wildman–Crippen LogP) is 3.07. The van der Waals surface area contributed by atoms with Crippen molar-refractivity contribution in [2.45, 2.75) is 24.3 Å². The topological polar surface area (TPSA) is 49.7 Å². The van der Waals surface area contributed by atoms with Crippen molar-refractivity contribution in [3.8, 4) is 0 Å². The van der Waals surface area contributed by atoms with E-state index in [1.807, 2.05) is 30.3 Å². The molecule has 0 aliphatic carbocycles. The maximum Gasteiger partial charge on any atom is 0.283 e. The lowest BCUT2D eigenvalue weighted by Crippen LogP contribution is -2.25. The monoisotopic (exact) mass is 314 g/mol. The van der Waals surface area contributed by atoms with Crippen LogP contribution in [0.4, 0.5) is 0 Å². The molecule has 3 rings (SSSR count). The number of hydrogen-bond donors (Lipinski definition) is 0. The lowest BCUT2D eigenvalue weighted by Gasteiger charge is -2.18. The van der Waals surface area contributed by atoms with Gasteiger partial charge >= 0.3 is 0 Å². The highest BCUT2D eigenvalue weighted by Gasteiger charge is 2.22. The number of rotatable bonds is 4. The zero-order chi connectivity index (χ0) is 15.4. The molecule has 114 valence electrons. The van der Waals surface area contributed by atoms with Gasteiger partial charge in [-0.15, -0.1) is 4.40 Å². The van der Waals surface area contributed by atoms with Crippen molar-refractivity contribution < 1.29 is 8.42 Å². The van der Waals surface area contributed by atoms with Crippen LogP contribution in [0.25, 0.3) is 0 Å². The molecule has 1 fully saturated rings. The molecule has 0 aromatic heterocycles. The Hall–Kier alpha value is -2.14. The van der Waals surface area contributed by atoms with Crippen LogP contribution in [0.5, 0.6) is 0 Å². The van der Waals surface area contributed by atoms with Gasteiger partial charge in [-0.2, -0.15) is 8.42 Å². The number of sulfonamides is 1. The Bertz CT molecular complexity index is 756. The van der Waals surface area contributed by atoms with Crippen molar-refractivity contribution in [3.63, 3.8) is 0 Å². The molecular weight excluding hydrogens is 296 g/mol. The van der Waals surface area contributed by atoms with Gasteiger partial charge in [0, 0.05) is 19.5 Å². The SMILES string of the molecule is O=S(=O)(/N=C1\CCCN1Cc1ccccc1)c1ccccc1. The summed E-state index contributed by atoms with van der Waals surface area (Å²) in [7, 11) is -3.62. The smallest absolute Gasteiger partial charge is 0.283 e. The molecule has 1 heterocycles. The molecule has 1 aliphatic rings. The second kappa shape index (κ2) is 6.32. The molecular formula is C17H18N2O2S. The first kappa shape index (κ1) is 14.8. The van der Waals surface area contributed by atoms with Crippen LogP contribution < -0.4 is 0 Å². The first-order valence-electron chi connectivity index (χ1n) is 7.33. The highest BCUT2D eigenvalue weighted by Crippen LogP contribution is 2.19. The first-order valence-corrected chi connectivity index (χ1v) is 8.77. The molecule has 0 bridgehead atoms. The summed E-state index contributed by atoms with van der Waals surface area (Å²) in [6.07, 6.45) is 1.65. The summed E-state index contributed by atoms with van der Waals surface area (Å²) >= 11 is 0. The molecule has 4 nitrogen and oxygen atoms in total. The van der Waals surface area contributed by atoms with Crippen LogP contribution >= 0.6 is 0 Å². The highest BCUT2D eigenvalue weighted by molar-refractivity contribution is 7.90. The first-order chi connectivity index (χ1) is 10.6. The minimum atomic E-state index is -3.62. The van der Waals surface area contributed by atoms with E-state index in [9.17, 15) is 8.42 Å². The predicted molar refractivity (Wildman–Crippen MR) is 87.1 cm³/mol. The van der Waals surface area contributed by atoms with Crippen molar-refractivity contribution in [1.29, 1.82) is 0 Å². The molecule has 1 saturated heterocycles. The average molecular weight is 314 g/mol. The van der Waals surface area contributed by atoms with Crippen LogP contribution in [0.1, 0.15) is 18.4 Å². The van der Waals surface area contributed by atoms with Crippen LogP contribution in [-0.2, 0) is 16.6 Å². The Morgan fingerprint density at radius 2 is 1.59 bits per heavy atom. The number of hydrogen-bond acceptors (Lipinski definition) is 2. The quantitative estimate of drug-likeness (QED) is 0.871. The van der Waals surface area contributed by atoms with Crippen LogP contribution in [0.3, 0.4) is 0 Å². The van der Waals surface area contributed by atoms with E-state index in [0.717, 1.165) is 18.5 Å². The molecule has 2 aromatic rings. The van der Waals surface area contributed by atoms with Crippen molar-refractivity contribution >= 4 is 15.9 Å². The maximum absolute atomic E-state index is 12.4. The van der Waals surface area contributed by atoms with Crippen molar-refractivity contribution in [1.82, 2.24) is 4.90 Å². The van der Waals surface area contributed by atoms with E-state index in [1.54, 1.807) is 30.3 Å². The molecule has 22 heavy (non-hydrogen) atoms. The summed E-state index contributed by atoms with van der Waals surface area (Å²) in [6, 6.07) is 18.4. The fourth-order valence-corrected chi connectivity index (χ4v) is 3.67. The van der Waals surface area contributed by atoms with Gasteiger partial charge in [-0.05, 0) is 24.1 Å². The van der Waals surface area contributed by atoms with Gasteiger partial charge in [0.15, 0.2) is 0 Å². The van der Waals surface area contributed by atoms with Crippen molar-refractivity contribution in [2.24, 2.45) is 4.40 Å². The van der Waals surface area contributed by atoms with E-state index < -0.39 is 10.0 Å². The molecule has 2 aromatic carbocycles. The third-order valence-electron chi connectivity index (χ3n) is 3.68. The molecule has 0 N–H and O–H groups in total. The van der Waals surface area contributed by atoms with Gasteiger partial charge in [0.1, 0.15) is 5.84 Å². The fourth-order valence-electron chi connectivity index (χ4n) is 2.58. The summed E-state index contributed by atoms with van der Waals surface area (Å²) in [4.78, 5) is 2.30. The van der Waals surface area contributed by atoms with Crippen LogP contribution in [-0.4, -0.2) is 25.7 Å². The molecule has 0 saturated carbocycles. The molecule has 1 aliphatic heterocycles. The fraction of sp³-hybridized carbons (Fsp3) is 0.235. The van der Waals surface area contributed by atoms with Gasteiger partial charge in [-0.25, -0.2) is 0 Å². The molecule has 0 spiro atoms. The number of nitrogens with zero attached hydrogens (tertiary/aromatic N) is 2. The minimum absolute atomic E-state index is 0.245. The zero-order valence-corrected chi connectivity index (χ0v) is 13.0. The largest absolute Gasteiger partial charge is 0.355 e. The van der Waals surface area contributed by atoms with Gasteiger partial charge < -0.3 is 4.90 Å². The van der Waals surface area contributed by atoms with E-state index >= 15 is 0 Å². The Balaban J connectivity index is 1.84. The van der Waals surface area contributed by atoms with Crippen LogP contribution in [0, 0.1) is 0 Å². The lowest BCUT2D eigenvalue weighted by molar-refractivity contribution is 0.448. The zero-order valence-electron chi connectivity index (χ0n) is 12.2. The summed E-state index contributed by atoms with van der Waals surface area (Å²) in [6.45, 7) is 1.54. The molecule has 0 atom stereocenters. The van der Waals surface area contributed by atoms with Gasteiger partial charge in [0.25, 0.3) is 10.0 Å². The van der Waals surface area contributed by atoms with Gasteiger partial charge in [-0.1, -0.05) is 48.5 Å². The third-order valence-corrected chi connectivity index (χ3v) is 5.00. The summed E-state index contributed by atoms with van der Waals surface area (Å²) < 4.78 is 28.8. The second-order valence-electron chi connectivity index (χ2n) is 5.31. The van der Waals surface area contributed by atoms with E-state index in [2.05, 4.69) is 9.30 Å². The minimum Gasteiger partial charge on any atom is -0.355 e. The van der Waals surface area contributed by atoms with Gasteiger partial charge in [-0.3, -0.25) is 0 Å². The van der Waals surface area contributed by atoms with Crippen molar-refractivity contribution in [2.75, 3.05) is 6.54 Å². The summed E-state index contributed by atoms with van der Waals surface area (Å²) in [5, 5.41) is 0. The standard InChI is InChI=1S/C17H18N2O2S/c20-22(21,16-10-5-2-6-11-16)18-17-12-7-13-19(17)14-15-8-3-1-4-9-15/h1-6,8-11H,7,12-14H2/b18-17+. The van der Waals surface area contributed by atoms with Crippen molar-refractivity contribution in [3.05, 3.63) is 66.2 Å². The lowest BCUT2D eigenvalue weighted by atomic mass is 10.2. The third kappa shape index (κ3) is 3.36. The molecule has 5 heteroatoms. The Morgan fingerprint density at radius 3 is 2.27 bits per heavy atom. The Morgan fingerprint density at radius 1 is 0.955 bits per heavy atom. The van der Waals surface area contributed by atoms with Gasteiger partial charge in [0.2, 0.25) is 0 Å². The second-order valence-corrected chi connectivity index (χ2v) is 6.91. The van der Waals surface area contributed by atoms with E-state index in [0.29, 0.717) is 18.8 Å². The number of amidine groups is 1. The number of likely N-dealkylation sites (tertiary alicyclic amines) is 1. The Kier molecular flexibility index (Phi) is 4.24. The van der Waals surface area contributed by atoms with Gasteiger partial charge in [0.05, 0.1) is 4.90 Å². The van der Waals surface area contributed by atoms with E-state index in [-0.39, 0.29) is 4.90 Å². The molecule has 0 amide bonds. The Labute approximate surface area is 131 Å². The van der Waals surface area contributed by atoms with E-state index in [4.69, 9.17) is 0 Å².